The number of nitrogens with zero attached hydrogens (tertiary/aromatic N) is 2. The van der Waals surface area contributed by atoms with Crippen molar-refractivity contribution in [1.82, 2.24) is 3.97 Å². The fourth-order valence-corrected chi connectivity index (χ4v) is 3.11. The zero-order valence-electron chi connectivity index (χ0n) is 10.00. The third kappa shape index (κ3) is 3.26. The van der Waals surface area contributed by atoms with E-state index in [-0.39, 0.29) is 22.3 Å². The first-order valence-corrected chi connectivity index (χ1v) is 7.58. The smallest absolute Gasteiger partial charge is 0.259 e. The van der Waals surface area contributed by atoms with Crippen molar-refractivity contribution < 1.29 is 18.0 Å². The normalized spacial score (nSPS) is 12.8. The standard InChI is InChI=1S/C9H12N3O4S2/c1-6(2)16-11-7(4-13)8-5-17-9(10)12(8)18(3,14)15/h5-6,10H,1-3H3/b10-9?,11-7-. The Hall–Kier alpha value is -1.48. The highest BCUT2D eigenvalue weighted by atomic mass is 32.2. The molecule has 99 valence electrons. The molecule has 0 aliphatic heterocycles. The maximum Gasteiger partial charge on any atom is 0.259 e. The van der Waals surface area contributed by atoms with Gasteiger partial charge in [0.2, 0.25) is 10.0 Å². The average Bonchev–Trinajstić information content (AvgIpc) is 2.60. The predicted molar refractivity (Wildman–Crippen MR) is 66.9 cm³/mol. The van der Waals surface area contributed by atoms with Crippen LogP contribution in [0.1, 0.15) is 19.5 Å². The monoisotopic (exact) mass is 290 g/mol. The Morgan fingerprint density at radius 2 is 2.22 bits per heavy atom. The van der Waals surface area contributed by atoms with E-state index in [4.69, 9.17) is 10.2 Å². The second-order valence-electron chi connectivity index (χ2n) is 3.65. The van der Waals surface area contributed by atoms with Gasteiger partial charge in [-0.25, -0.2) is 12.4 Å². The lowest BCUT2D eigenvalue weighted by Crippen LogP contribution is -2.26. The second kappa shape index (κ2) is 5.44. The van der Waals surface area contributed by atoms with E-state index in [0.717, 1.165) is 17.6 Å². The molecule has 0 atom stereocenters. The van der Waals surface area contributed by atoms with Crippen LogP contribution in [0.5, 0.6) is 0 Å². The topological polar surface area (TPSA) is 102 Å². The molecule has 9 heteroatoms. The minimum absolute atomic E-state index is 0.0249. The van der Waals surface area contributed by atoms with Gasteiger partial charge in [0.15, 0.2) is 10.5 Å². The molecule has 0 saturated heterocycles. The Balaban J connectivity index is 3.37. The van der Waals surface area contributed by atoms with Gasteiger partial charge in [0.25, 0.3) is 6.29 Å². The van der Waals surface area contributed by atoms with Crippen molar-refractivity contribution in [2.24, 2.45) is 5.16 Å². The maximum absolute atomic E-state index is 11.5. The fraction of sp³-hybridized carbons (Fsp3) is 0.444. The number of nitrogens with one attached hydrogen (secondary N) is 1. The Bertz CT molecular complexity index is 624. The molecule has 1 aromatic heterocycles. The summed E-state index contributed by atoms with van der Waals surface area (Å²) >= 11 is 0.871. The van der Waals surface area contributed by atoms with E-state index in [1.807, 2.05) is 0 Å². The van der Waals surface area contributed by atoms with Crippen LogP contribution in [0.3, 0.4) is 0 Å². The molecule has 0 aliphatic carbocycles. The summed E-state index contributed by atoms with van der Waals surface area (Å²) in [6.45, 7) is 3.42. The molecule has 0 aromatic carbocycles. The van der Waals surface area contributed by atoms with Crippen molar-refractivity contribution in [2.75, 3.05) is 6.26 Å². The third-order valence-electron chi connectivity index (χ3n) is 1.71. The van der Waals surface area contributed by atoms with E-state index in [2.05, 4.69) is 5.16 Å². The minimum atomic E-state index is -3.69. The molecule has 1 rings (SSSR count). The van der Waals surface area contributed by atoms with Crippen LogP contribution in [-0.4, -0.2) is 36.7 Å². The van der Waals surface area contributed by atoms with Crippen LogP contribution in [0.25, 0.3) is 0 Å². The Labute approximate surface area is 108 Å². The van der Waals surface area contributed by atoms with Crippen LogP contribution in [-0.2, 0) is 19.7 Å². The molecule has 0 aliphatic rings. The maximum atomic E-state index is 11.5. The molecule has 1 radical (unpaired) electrons. The molecule has 0 bridgehead atoms. The molecular formula is C9H12N3O4S2. The number of hydrogen-bond acceptors (Lipinski definition) is 7. The van der Waals surface area contributed by atoms with Gasteiger partial charge in [0.05, 0.1) is 6.26 Å². The van der Waals surface area contributed by atoms with Crippen LogP contribution < -0.4 is 4.80 Å². The van der Waals surface area contributed by atoms with Gasteiger partial charge < -0.3 is 4.84 Å². The number of hydrogen-bond donors (Lipinski definition) is 1. The van der Waals surface area contributed by atoms with Crippen molar-refractivity contribution in [3.8, 4) is 0 Å². The zero-order chi connectivity index (χ0) is 13.9. The minimum Gasteiger partial charge on any atom is -0.392 e. The van der Waals surface area contributed by atoms with Crippen LogP contribution in [0, 0.1) is 5.41 Å². The van der Waals surface area contributed by atoms with Gasteiger partial charge in [-0.3, -0.25) is 10.2 Å². The van der Waals surface area contributed by atoms with Crippen LogP contribution in [0.15, 0.2) is 10.5 Å². The van der Waals surface area contributed by atoms with Gasteiger partial charge in [0, 0.05) is 5.38 Å². The van der Waals surface area contributed by atoms with Crippen molar-refractivity contribution in [3.05, 3.63) is 15.9 Å². The Morgan fingerprint density at radius 1 is 1.61 bits per heavy atom. The largest absolute Gasteiger partial charge is 0.392 e. The van der Waals surface area contributed by atoms with Gasteiger partial charge in [-0.2, -0.15) is 0 Å². The van der Waals surface area contributed by atoms with Crippen LogP contribution in [0.2, 0.25) is 0 Å². The second-order valence-corrected chi connectivity index (χ2v) is 6.34. The summed E-state index contributed by atoms with van der Waals surface area (Å²) in [7, 11) is -3.69. The van der Waals surface area contributed by atoms with Gasteiger partial charge in [-0.05, 0) is 13.8 Å². The third-order valence-corrected chi connectivity index (χ3v) is 3.62. The summed E-state index contributed by atoms with van der Waals surface area (Å²) in [4.78, 5) is 15.5. The fourth-order valence-electron chi connectivity index (χ4n) is 1.07. The number of rotatable bonds is 5. The van der Waals surface area contributed by atoms with Crippen LogP contribution >= 0.6 is 11.3 Å². The molecule has 1 N–H and O–H groups in total. The first kappa shape index (κ1) is 14.6. The Morgan fingerprint density at radius 3 is 2.67 bits per heavy atom. The molecule has 0 fully saturated rings. The van der Waals surface area contributed by atoms with Crippen LogP contribution in [0.4, 0.5) is 0 Å². The first-order chi connectivity index (χ1) is 8.27. The van der Waals surface area contributed by atoms with Gasteiger partial charge in [-0.1, -0.05) is 5.16 Å². The zero-order valence-corrected chi connectivity index (χ0v) is 11.6. The quantitative estimate of drug-likeness (QED) is 0.612. The lowest BCUT2D eigenvalue weighted by molar-refractivity contribution is 0.0865. The average molecular weight is 290 g/mol. The summed E-state index contributed by atoms with van der Waals surface area (Å²) in [5.41, 5.74) is -0.313. The molecule has 18 heavy (non-hydrogen) atoms. The van der Waals surface area contributed by atoms with Crippen molar-refractivity contribution in [3.63, 3.8) is 0 Å². The molecule has 0 unspecified atom stereocenters. The number of aromatic nitrogens is 1. The number of carbonyl (C=O) groups excluding carboxylic acids is 1. The van der Waals surface area contributed by atoms with E-state index in [9.17, 15) is 13.2 Å². The summed E-state index contributed by atoms with van der Waals surface area (Å²) in [6, 6.07) is 0. The highest BCUT2D eigenvalue weighted by molar-refractivity contribution is 7.89. The summed E-state index contributed by atoms with van der Waals surface area (Å²) < 4.78 is 23.7. The van der Waals surface area contributed by atoms with Crippen molar-refractivity contribution in [1.29, 1.82) is 5.41 Å². The molecule has 0 spiro atoms. The van der Waals surface area contributed by atoms with E-state index < -0.39 is 10.0 Å². The summed E-state index contributed by atoms with van der Waals surface area (Å²) in [6.07, 6.45) is 2.19. The predicted octanol–water partition coefficient (Wildman–Crippen LogP) is 0.0756. The first-order valence-electron chi connectivity index (χ1n) is 4.85. The molecule has 1 aromatic rings. The number of oxime groups is 1. The van der Waals surface area contributed by atoms with Crippen molar-refractivity contribution >= 4 is 33.4 Å². The van der Waals surface area contributed by atoms with Gasteiger partial charge in [0.1, 0.15) is 11.8 Å². The van der Waals surface area contributed by atoms with Gasteiger partial charge >= 0.3 is 0 Å². The molecular weight excluding hydrogens is 278 g/mol. The highest BCUT2D eigenvalue weighted by Crippen LogP contribution is 2.07. The van der Waals surface area contributed by atoms with E-state index in [1.165, 1.54) is 11.7 Å². The highest BCUT2D eigenvalue weighted by Gasteiger charge is 2.19. The van der Waals surface area contributed by atoms with E-state index in [0.29, 0.717) is 3.97 Å². The van der Waals surface area contributed by atoms with E-state index in [1.54, 1.807) is 13.8 Å². The van der Waals surface area contributed by atoms with Gasteiger partial charge in [-0.15, -0.1) is 11.3 Å². The lowest BCUT2D eigenvalue weighted by atomic mass is 10.3. The number of thiazole rings is 1. The lowest BCUT2D eigenvalue weighted by Gasteiger charge is -2.05. The van der Waals surface area contributed by atoms with E-state index >= 15 is 0 Å². The molecule has 0 amide bonds. The summed E-state index contributed by atoms with van der Waals surface area (Å²) in [5.74, 6) is 0. The summed E-state index contributed by atoms with van der Waals surface area (Å²) in [5, 5.41) is 12.4. The molecule has 0 saturated carbocycles. The van der Waals surface area contributed by atoms with Crippen molar-refractivity contribution in [2.45, 2.75) is 20.0 Å². The molecule has 7 nitrogen and oxygen atoms in total. The molecule has 1 heterocycles. The Kier molecular flexibility index (Phi) is 4.41. The SMILES string of the molecule is CC(C)O/N=C(/[C]=O)c1csc(=N)n1S(C)(=O)=O.